The van der Waals surface area contributed by atoms with E-state index in [1.807, 2.05) is 12.1 Å². The Labute approximate surface area is 198 Å². The number of aromatic nitrogens is 3. The van der Waals surface area contributed by atoms with Crippen molar-refractivity contribution in [2.24, 2.45) is 0 Å². The lowest BCUT2D eigenvalue weighted by atomic mass is 9.88. The van der Waals surface area contributed by atoms with Gasteiger partial charge in [0.15, 0.2) is 5.16 Å². The van der Waals surface area contributed by atoms with Gasteiger partial charge in [-0.05, 0) is 48.9 Å². The maximum absolute atomic E-state index is 12.9. The van der Waals surface area contributed by atoms with Gasteiger partial charge in [-0.15, -0.1) is 10.2 Å². The minimum Gasteiger partial charge on any atom is -0.378 e. The molecule has 1 amide bonds. The smallest absolute Gasteiger partial charge is 0.232 e. The summed E-state index contributed by atoms with van der Waals surface area (Å²) in [7, 11) is 0. The predicted octanol–water partition coefficient (Wildman–Crippen LogP) is 3.70. The third kappa shape index (κ3) is 4.77. The van der Waals surface area contributed by atoms with E-state index in [0.29, 0.717) is 19.0 Å². The molecule has 2 aromatic carbocycles. The number of benzene rings is 2. The monoisotopic (exact) mass is 463 g/mol. The number of hydrogen-bond acceptors (Lipinski definition) is 6. The van der Waals surface area contributed by atoms with Gasteiger partial charge in [0.25, 0.3) is 0 Å². The van der Waals surface area contributed by atoms with Crippen LogP contribution >= 0.6 is 11.8 Å². The molecule has 0 bridgehead atoms. The Morgan fingerprint density at radius 1 is 1.12 bits per heavy atom. The molecule has 3 aromatic rings. The molecule has 2 heterocycles. The van der Waals surface area contributed by atoms with E-state index in [9.17, 15) is 4.79 Å². The molecular weight excluding hydrogens is 434 g/mol. The van der Waals surface area contributed by atoms with Crippen molar-refractivity contribution in [3.8, 4) is 5.69 Å². The summed E-state index contributed by atoms with van der Waals surface area (Å²) < 4.78 is 7.59. The van der Waals surface area contributed by atoms with E-state index < -0.39 is 0 Å². The molecule has 1 atom stereocenters. The number of nitrogens with one attached hydrogen (secondary N) is 1. The lowest BCUT2D eigenvalue weighted by Gasteiger charge is -2.28. The highest BCUT2D eigenvalue weighted by atomic mass is 32.2. The second kappa shape index (κ2) is 9.97. The number of aryl methyl sites for hydroxylation is 2. The lowest BCUT2D eigenvalue weighted by molar-refractivity contribution is -0.119. The van der Waals surface area contributed by atoms with Crippen LogP contribution in [0.15, 0.2) is 53.7 Å². The molecule has 1 aliphatic carbocycles. The van der Waals surface area contributed by atoms with E-state index in [-0.39, 0.29) is 11.9 Å². The van der Waals surface area contributed by atoms with Crippen molar-refractivity contribution in [2.75, 3.05) is 37.0 Å². The van der Waals surface area contributed by atoms with E-state index in [1.54, 1.807) is 0 Å². The Morgan fingerprint density at radius 3 is 2.76 bits per heavy atom. The van der Waals surface area contributed by atoms with Crippen LogP contribution in [-0.4, -0.2) is 52.7 Å². The summed E-state index contributed by atoms with van der Waals surface area (Å²) >= 11 is 1.43. The lowest BCUT2D eigenvalue weighted by Crippen LogP contribution is -2.38. The van der Waals surface area contributed by atoms with Crippen molar-refractivity contribution in [1.82, 2.24) is 20.1 Å². The minimum atomic E-state index is 0.0222. The molecule has 1 saturated heterocycles. The second-order valence-electron chi connectivity index (χ2n) is 8.50. The maximum atomic E-state index is 12.9. The zero-order valence-corrected chi connectivity index (χ0v) is 19.7. The molecular formula is C25H29N5O2S. The number of anilines is 1. The zero-order valence-electron chi connectivity index (χ0n) is 18.9. The van der Waals surface area contributed by atoms with Crippen LogP contribution in [0.5, 0.6) is 0 Å². The Bertz CT molecular complexity index is 1130. The Morgan fingerprint density at radius 2 is 1.91 bits per heavy atom. The number of ether oxygens (including phenoxy) is 1. The summed E-state index contributed by atoms with van der Waals surface area (Å²) in [6, 6.07) is 16.7. The van der Waals surface area contributed by atoms with E-state index in [2.05, 4.69) is 68.3 Å². The standard InChI is InChI=1S/C25H29N5O2S/c1-18-7-2-5-12-22(18)30-24(29-13-15-32-16-14-29)27-28-25(30)33-17-23(31)26-21-11-6-9-19-8-3-4-10-20(19)21/h2-5,7-8,10,12,21H,6,9,11,13-17H2,1H3,(H,26,31)/t21-/m0/s1. The van der Waals surface area contributed by atoms with Gasteiger partial charge in [0, 0.05) is 13.1 Å². The molecule has 1 N–H and O–H groups in total. The molecule has 1 aliphatic heterocycles. The van der Waals surface area contributed by atoms with Crippen LogP contribution in [0.4, 0.5) is 5.95 Å². The van der Waals surface area contributed by atoms with E-state index in [0.717, 1.165) is 54.7 Å². The summed E-state index contributed by atoms with van der Waals surface area (Å²) in [6.45, 7) is 4.98. The topological polar surface area (TPSA) is 72.3 Å². The first-order valence-corrected chi connectivity index (χ1v) is 12.5. The largest absolute Gasteiger partial charge is 0.378 e. The fourth-order valence-corrected chi connectivity index (χ4v) is 5.37. The minimum absolute atomic E-state index is 0.0222. The van der Waals surface area contributed by atoms with Gasteiger partial charge in [-0.3, -0.25) is 9.36 Å². The maximum Gasteiger partial charge on any atom is 0.232 e. The van der Waals surface area contributed by atoms with Crippen LogP contribution in [0.3, 0.4) is 0 Å². The molecule has 2 aliphatic rings. The summed E-state index contributed by atoms with van der Waals surface area (Å²) in [4.78, 5) is 15.1. The first kappa shape index (κ1) is 22.0. The van der Waals surface area contributed by atoms with Crippen LogP contribution in [-0.2, 0) is 16.0 Å². The van der Waals surface area contributed by atoms with Gasteiger partial charge >= 0.3 is 0 Å². The molecule has 1 aromatic heterocycles. The Balaban J connectivity index is 1.34. The van der Waals surface area contributed by atoms with Gasteiger partial charge < -0.3 is 15.0 Å². The summed E-state index contributed by atoms with van der Waals surface area (Å²) in [6.07, 6.45) is 3.16. The van der Waals surface area contributed by atoms with Gasteiger partial charge in [0.2, 0.25) is 11.9 Å². The van der Waals surface area contributed by atoms with E-state index in [1.165, 1.54) is 22.9 Å². The van der Waals surface area contributed by atoms with Crippen molar-refractivity contribution in [3.05, 3.63) is 65.2 Å². The molecule has 0 radical (unpaired) electrons. The fraction of sp³-hybridized carbons (Fsp3) is 0.400. The zero-order chi connectivity index (χ0) is 22.6. The van der Waals surface area contributed by atoms with Crippen LogP contribution in [0.2, 0.25) is 0 Å². The highest BCUT2D eigenvalue weighted by Crippen LogP contribution is 2.31. The predicted molar refractivity (Wildman–Crippen MR) is 130 cm³/mol. The highest BCUT2D eigenvalue weighted by molar-refractivity contribution is 7.99. The number of morpholine rings is 1. The first-order valence-electron chi connectivity index (χ1n) is 11.5. The average molecular weight is 464 g/mol. The molecule has 33 heavy (non-hydrogen) atoms. The van der Waals surface area contributed by atoms with Crippen molar-refractivity contribution in [1.29, 1.82) is 0 Å². The molecule has 0 unspecified atom stereocenters. The molecule has 1 fully saturated rings. The highest BCUT2D eigenvalue weighted by Gasteiger charge is 2.24. The summed E-state index contributed by atoms with van der Waals surface area (Å²) in [5, 5.41) is 13.0. The van der Waals surface area contributed by atoms with Crippen molar-refractivity contribution in [3.63, 3.8) is 0 Å². The molecule has 172 valence electrons. The number of rotatable bonds is 6. The fourth-order valence-electron chi connectivity index (χ4n) is 4.62. The number of fused-ring (bicyclic) bond motifs is 1. The Kier molecular flexibility index (Phi) is 6.64. The number of carbonyl (C=O) groups excluding carboxylic acids is 1. The Hall–Kier alpha value is -2.84. The van der Waals surface area contributed by atoms with Crippen molar-refractivity contribution < 1.29 is 9.53 Å². The van der Waals surface area contributed by atoms with E-state index in [4.69, 9.17) is 4.74 Å². The van der Waals surface area contributed by atoms with Crippen molar-refractivity contribution in [2.45, 2.75) is 37.4 Å². The van der Waals surface area contributed by atoms with Crippen LogP contribution in [0, 0.1) is 6.92 Å². The van der Waals surface area contributed by atoms with Crippen LogP contribution < -0.4 is 10.2 Å². The SMILES string of the molecule is Cc1ccccc1-n1c(SCC(=O)N[C@H]2CCCc3ccccc32)nnc1N1CCOCC1. The van der Waals surface area contributed by atoms with Gasteiger partial charge in [-0.25, -0.2) is 0 Å². The van der Waals surface area contributed by atoms with Gasteiger partial charge in [-0.2, -0.15) is 0 Å². The summed E-state index contributed by atoms with van der Waals surface area (Å²) in [5.41, 5.74) is 4.76. The van der Waals surface area contributed by atoms with Crippen LogP contribution in [0.25, 0.3) is 5.69 Å². The van der Waals surface area contributed by atoms with Gasteiger partial charge in [0.1, 0.15) is 0 Å². The molecule has 0 spiro atoms. The normalized spacial score (nSPS) is 18.1. The number of nitrogens with zero attached hydrogens (tertiary/aromatic N) is 4. The molecule has 5 rings (SSSR count). The van der Waals surface area contributed by atoms with E-state index >= 15 is 0 Å². The number of carbonyl (C=O) groups is 1. The molecule has 8 heteroatoms. The second-order valence-corrected chi connectivity index (χ2v) is 9.45. The van der Waals surface area contributed by atoms with Crippen LogP contribution in [0.1, 0.15) is 35.6 Å². The number of hydrogen-bond donors (Lipinski definition) is 1. The quantitative estimate of drug-likeness (QED) is 0.562. The third-order valence-electron chi connectivity index (χ3n) is 6.30. The number of para-hydroxylation sites is 1. The van der Waals surface area contributed by atoms with Gasteiger partial charge in [-0.1, -0.05) is 54.2 Å². The average Bonchev–Trinajstić information content (AvgIpc) is 3.27. The number of amides is 1. The molecule has 0 saturated carbocycles. The van der Waals surface area contributed by atoms with Crippen molar-refractivity contribution >= 4 is 23.6 Å². The third-order valence-corrected chi connectivity index (χ3v) is 7.23. The van der Waals surface area contributed by atoms with Gasteiger partial charge in [0.05, 0.1) is 30.7 Å². The number of thioether (sulfide) groups is 1. The first-order chi connectivity index (χ1) is 16.2. The summed E-state index contributed by atoms with van der Waals surface area (Å²) in [5.74, 6) is 1.12. The molecule has 7 nitrogen and oxygen atoms in total.